The average molecular weight is 283 g/mol. The number of rotatable bonds is 8. The summed E-state index contributed by atoms with van der Waals surface area (Å²) >= 11 is 0. The Kier molecular flexibility index (Phi) is 6.47. The minimum atomic E-state index is -0.140. The first-order valence-electron chi connectivity index (χ1n) is 6.67. The fourth-order valence-electron chi connectivity index (χ4n) is 1.92. The lowest BCUT2D eigenvalue weighted by atomic mass is 10.3. The molecule has 0 aliphatic heterocycles. The van der Waals surface area contributed by atoms with Gasteiger partial charge in [-0.1, -0.05) is 0 Å². The highest BCUT2D eigenvalue weighted by molar-refractivity contribution is 5.97. The molecule has 0 aliphatic rings. The number of aromatic nitrogens is 2. The molecular weight excluding hydrogens is 258 g/mol. The van der Waals surface area contributed by atoms with Crippen LogP contribution in [0.3, 0.4) is 0 Å². The number of hydrogen-bond donors (Lipinski definition) is 1. The molecule has 0 bridgehead atoms. The van der Waals surface area contributed by atoms with Gasteiger partial charge in [-0.25, -0.2) is 0 Å². The molecule has 7 heteroatoms. The zero-order chi connectivity index (χ0) is 15.1. The Morgan fingerprint density at radius 3 is 2.60 bits per heavy atom. The minimum absolute atomic E-state index is 0.140. The number of amides is 1. The van der Waals surface area contributed by atoms with Crippen LogP contribution in [0, 0.1) is 0 Å². The largest absolute Gasteiger partial charge is 0.396 e. The zero-order valence-electron chi connectivity index (χ0n) is 12.8. The van der Waals surface area contributed by atoms with E-state index in [-0.39, 0.29) is 5.91 Å². The van der Waals surface area contributed by atoms with Gasteiger partial charge in [0.1, 0.15) is 0 Å². The molecule has 1 rings (SSSR count). The average Bonchev–Trinajstić information content (AvgIpc) is 2.71. The van der Waals surface area contributed by atoms with Crippen molar-refractivity contribution in [3.63, 3.8) is 0 Å². The second-order valence-corrected chi connectivity index (χ2v) is 5.05. The second kappa shape index (κ2) is 7.86. The van der Waals surface area contributed by atoms with Crippen molar-refractivity contribution in [2.45, 2.75) is 6.42 Å². The normalized spacial score (nSPS) is 11.1. The molecule has 1 heterocycles. The van der Waals surface area contributed by atoms with Gasteiger partial charge in [-0.05, 0) is 27.1 Å². The van der Waals surface area contributed by atoms with E-state index in [1.807, 2.05) is 14.1 Å². The summed E-state index contributed by atoms with van der Waals surface area (Å²) in [6.07, 6.45) is 2.54. The van der Waals surface area contributed by atoms with Crippen molar-refractivity contribution in [1.82, 2.24) is 19.6 Å². The summed E-state index contributed by atoms with van der Waals surface area (Å²) in [6, 6.07) is 0. The molecular formula is C13H25N5O2. The molecule has 0 unspecified atom stereocenters. The van der Waals surface area contributed by atoms with Gasteiger partial charge in [0.2, 0.25) is 0 Å². The molecule has 0 atom stereocenters. The van der Waals surface area contributed by atoms with E-state index in [9.17, 15) is 4.79 Å². The van der Waals surface area contributed by atoms with Crippen LogP contribution in [0.1, 0.15) is 16.9 Å². The fraction of sp³-hybridized carbons (Fsp3) is 0.692. The lowest BCUT2D eigenvalue weighted by Crippen LogP contribution is -2.36. The molecule has 1 aromatic rings. The predicted molar refractivity (Wildman–Crippen MR) is 78.6 cm³/mol. The predicted octanol–water partition coefficient (Wildman–Crippen LogP) is 0.0426. The van der Waals surface area contributed by atoms with Gasteiger partial charge < -0.3 is 20.3 Å². The highest BCUT2D eigenvalue weighted by atomic mass is 16.5. The van der Waals surface area contributed by atoms with Crippen molar-refractivity contribution < 1.29 is 9.53 Å². The van der Waals surface area contributed by atoms with Gasteiger partial charge in [-0.15, -0.1) is 0 Å². The Morgan fingerprint density at radius 1 is 1.40 bits per heavy atom. The molecule has 20 heavy (non-hydrogen) atoms. The van der Waals surface area contributed by atoms with Crippen molar-refractivity contribution >= 4 is 11.6 Å². The van der Waals surface area contributed by atoms with Crippen molar-refractivity contribution in [3.05, 3.63) is 11.9 Å². The van der Waals surface area contributed by atoms with Crippen LogP contribution in [0.2, 0.25) is 0 Å². The summed E-state index contributed by atoms with van der Waals surface area (Å²) < 4.78 is 6.61. The molecule has 0 fully saturated rings. The lowest BCUT2D eigenvalue weighted by molar-refractivity contribution is 0.0684. The fourth-order valence-corrected chi connectivity index (χ4v) is 1.92. The number of carbonyl (C=O) groups is 1. The Balaban J connectivity index is 2.70. The van der Waals surface area contributed by atoms with Gasteiger partial charge in [0, 0.05) is 33.4 Å². The van der Waals surface area contributed by atoms with Gasteiger partial charge in [-0.3, -0.25) is 9.48 Å². The topological polar surface area (TPSA) is 76.6 Å². The third-order valence-corrected chi connectivity index (χ3v) is 2.95. The van der Waals surface area contributed by atoms with Crippen molar-refractivity contribution in [3.8, 4) is 0 Å². The number of hydrogen-bond acceptors (Lipinski definition) is 5. The maximum Gasteiger partial charge on any atom is 0.276 e. The SMILES string of the molecule is COCCN(CCCN(C)C)C(=O)c1nn(C)cc1N. The number of ether oxygens (including phenoxy) is 1. The maximum atomic E-state index is 12.5. The van der Waals surface area contributed by atoms with Crippen LogP contribution in [-0.2, 0) is 11.8 Å². The number of nitrogen functional groups attached to an aromatic ring is 1. The maximum absolute atomic E-state index is 12.5. The van der Waals surface area contributed by atoms with Gasteiger partial charge >= 0.3 is 0 Å². The molecule has 0 saturated carbocycles. The van der Waals surface area contributed by atoms with Crippen LogP contribution < -0.4 is 5.73 Å². The van der Waals surface area contributed by atoms with Gasteiger partial charge in [0.05, 0.1) is 12.3 Å². The van der Waals surface area contributed by atoms with Crippen molar-refractivity contribution in [1.29, 1.82) is 0 Å². The van der Waals surface area contributed by atoms with E-state index >= 15 is 0 Å². The van der Waals surface area contributed by atoms with E-state index in [2.05, 4.69) is 10.00 Å². The van der Waals surface area contributed by atoms with Crippen LogP contribution in [0.25, 0.3) is 0 Å². The first-order valence-corrected chi connectivity index (χ1v) is 6.67. The van der Waals surface area contributed by atoms with Crippen LogP contribution in [0.5, 0.6) is 0 Å². The molecule has 114 valence electrons. The molecule has 0 radical (unpaired) electrons. The number of methoxy groups -OCH3 is 1. The van der Waals surface area contributed by atoms with Gasteiger partial charge in [0.15, 0.2) is 5.69 Å². The third kappa shape index (κ3) is 4.82. The first-order chi connectivity index (χ1) is 9.45. The molecule has 1 amide bonds. The first kappa shape index (κ1) is 16.5. The van der Waals surface area contributed by atoms with Crippen molar-refractivity contribution in [2.24, 2.45) is 7.05 Å². The summed E-state index contributed by atoms with van der Waals surface area (Å²) in [5.74, 6) is -0.140. The third-order valence-electron chi connectivity index (χ3n) is 2.95. The Bertz CT molecular complexity index is 430. The monoisotopic (exact) mass is 283 g/mol. The Morgan fingerprint density at radius 2 is 2.10 bits per heavy atom. The van der Waals surface area contributed by atoms with Gasteiger partial charge in [0.25, 0.3) is 5.91 Å². The van der Waals surface area contributed by atoms with E-state index in [4.69, 9.17) is 10.5 Å². The van der Waals surface area contributed by atoms with E-state index in [0.29, 0.717) is 31.1 Å². The number of anilines is 1. The quantitative estimate of drug-likeness (QED) is 0.729. The summed E-state index contributed by atoms with van der Waals surface area (Å²) in [7, 11) is 7.40. The van der Waals surface area contributed by atoms with Crippen LogP contribution in [0.4, 0.5) is 5.69 Å². The standard InChI is InChI=1S/C13H25N5O2/c1-16(2)6-5-7-18(8-9-20-4)13(19)12-11(14)10-17(3)15-12/h10H,5-9,14H2,1-4H3. The number of nitrogens with zero attached hydrogens (tertiary/aromatic N) is 4. The molecule has 0 aliphatic carbocycles. The van der Waals surface area contributed by atoms with Crippen LogP contribution in [-0.4, -0.2) is 72.9 Å². The lowest BCUT2D eigenvalue weighted by Gasteiger charge is -2.22. The smallest absolute Gasteiger partial charge is 0.276 e. The molecule has 2 N–H and O–H groups in total. The van der Waals surface area contributed by atoms with Crippen molar-refractivity contribution in [2.75, 3.05) is 53.2 Å². The van der Waals surface area contributed by atoms with Gasteiger partial charge in [-0.2, -0.15) is 5.10 Å². The Hall–Kier alpha value is -1.60. The van der Waals surface area contributed by atoms with E-state index < -0.39 is 0 Å². The summed E-state index contributed by atoms with van der Waals surface area (Å²) in [5, 5.41) is 4.13. The number of carbonyl (C=O) groups excluding carboxylic acids is 1. The Labute approximate surface area is 120 Å². The molecule has 1 aromatic heterocycles. The van der Waals surface area contributed by atoms with Crippen LogP contribution >= 0.6 is 0 Å². The molecule has 0 aromatic carbocycles. The zero-order valence-corrected chi connectivity index (χ0v) is 12.8. The minimum Gasteiger partial charge on any atom is -0.396 e. The number of aryl methyl sites for hydroxylation is 1. The molecule has 7 nitrogen and oxygen atoms in total. The van der Waals surface area contributed by atoms with E-state index in [1.54, 1.807) is 29.9 Å². The highest BCUT2D eigenvalue weighted by Crippen LogP contribution is 2.11. The van der Waals surface area contributed by atoms with E-state index in [0.717, 1.165) is 13.0 Å². The molecule has 0 spiro atoms. The summed E-state index contributed by atoms with van der Waals surface area (Å²) in [6.45, 7) is 2.63. The highest BCUT2D eigenvalue weighted by Gasteiger charge is 2.20. The number of nitrogens with two attached hydrogens (primary N) is 1. The second-order valence-electron chi connectivity index (χ2n) is 5.05. The van der Waals surface area contributed by atoms with Crippen LogP contribution in [0.15, 0.2) is 6.20 Å². The summed E-state index contributed by atoms with van der Waals surface area (Å²) in [4.78, 5) is 16.3. The molecule has 0 saturated heterocycles. The summed E-state index contributed by atoms with van der Waals surface area (Å²) in [5.41, 5.74) is 6.54. The van der Waals surface area contributed by atoms with E-state index in [1.165, 1.54) is 0 Å².